The monoisotopic (exact) mass is 516 g/mol. The molecule has 0 aliphatic rings. The van der Waals surface area contributed by atoms with Crippen molar-refractivity contribution in [2.24, 2.45) is 17.3 Å². The molecule has 25 heavy (non-hydrogen) atoms. The molecule has 0 radical (unpaired) electrons. The molecule has 1 unspecified atom stereocenters. The van der Waals surface area contributed by atoms with E-state index in [2.05, 4.69) is 79.7 Å². The molecule has 1 aromatic rings. The van der Waals surface area contributed by atoms with Crippen LogP contribution in [0.3, 0.4) is 0 Å². The van der Waals surface area contributed by atoms with Crippen LogP contribution in [0.25, 0.3) is 0 Å². The van der Waals surface area contributed by atoms with Crippen LogP contribution in [0.5, 0.6) is 0 Å². The van der Waals surface area contributed by atoms with E-state index >= 15 is 0 Å². The van der Waals surface area contributed by atoms with E-state index in [-0.39, 0.29) is 21.1 Å². The van der Waals surface area contributed by atoms with Crippen molar-refractivity contribution in [2.75, 3.05) is 0 Å². The number of ether oxygens (including phenoxy) is 1. The van der Waals surface area contributed by atoms with Crippen LogP contribution in [0.15, 0.2) is 24.3 Å². The first-order valence-electron chi connectivity index (χ1n) is 9.33. The number of benzene rings is 1. The van der Waals surface area contributed by atoms with Gasteiger partial charge in [-0.05, 0) is 37.5 Å². The van der Waals surface area contributed by atoms with Gasteiger partial charge in [0.05, 0.1) is 0 Å². The molecule has 0 aromatic heterocycles. The van der Waals surface area contributed by atoms with Crippen LogP contribution in [0.1, 0.15) is 85.8 Å². The second-order valence-corrected chi connectivity index (χ2v) is 8.92. The van der Waals surface area contributed by atoms with Gasteiger partial charge in [-0.25, -0.2) is 6.61 Å². The normalized spacial score (nSPS) is 12.6. The Morgan fingerprint density at radius 3 is 1.72 bits per heavy atom. The smallest absolute Gasteiger partial charge is 0.550 e. The largest absolute Gasteiger partial charge is 2.00 e. The summed E-state index contributed by atoms with van der Waals surface area (Å²) in [6, 6.07) is 8.71. The summed E-state index contributed by atoms with van der Waals surface area (Å²) in [7, 11) is 0. The zero-order valence-corrected chi connectivity index (χ0v) is 20.9. The quantitative estimate of drug-likeness (QED) is 0.362. The molecule has 1 aromatic carbocycles. The predicted molar refractivity (Wildman–Crippen MR) is 108 cm³/mol. The van der Waals surface area contributed by atoms with Crippen molar-refractivity contribution < 1.29 is 25.8 Å². The second-order valence-electron chi connectivity index (χ2n) is 8.92. The van der Waals surface area contributed by atoms with Crippen LogP contribution in [-0.2, 0) is 25.8 Å². The first-order valence-corrected chi connectivity index (χ1v) is 9.33. The summed E-state index contributed by atoms with van der Waals surface area (Å²) in [4.78, 5) is 0. The topological polar surface area (TPSA) is 9.23 Å². The van der Waals surface area contributed by atoms with Gasteiger partial charge < -0.3 is 4.74 Å². The summed E-state index contributed by atoms with van der Waals surface area (Å²) in [6.45, 7) is 25.6. The molecule has 0 aliphatic heterocycles. The molecule has 1 nitrogen and oxygen atoms in total. The Kier molecular flexibility index (Phi) is 14.0. The van der Waals surface area contributed by atoms with Gasteiger partial charge in [-0.15, -0.1) is 12.1 Å². The van der Waals surface area contributed by atoms with Crippen molar-refractivity contribution in [2.45, 2.75) is 80.8 Å². The molecule has 0 fully saturated rings. The van der Waals surface area contributed by atoms with Gasteiger partial charge in [0.25, 0.3) is 0 Å². The van der Waals surface area contributed by atoms with E-state index in [1.165, 1.54) is 12.0 Å². The van der Waals surface area contributed by atoms with Gasteiger partial charge in [0.1, 0.15) is 0 Å². The van der Waals surface area contributed by atoms with E-state index in [1.807, 2.05) is 20.5 Å². The molecule has 0 N–H and O–H groups in total. The Bertz CT molecular complexity index is 418. The van der Waals surface area contributed by atoms with E-state index in [4.69, 9.17) is 4.74 Å². The van der Waals surface area contributed by atoms with E-state index in [0.29, 0.717) is 29.3 Å². The first kappa shape index (κ1) is 27.0. The summed E-state index contributed by atoms with van der Waals surface area (Å²) < 4.78 is 5.18. The van der Waals surface area contributed by atoms with Crippen LogP contribution >= 0.6 is 0 Å². The molecule has 0 aliphatic carbocycles. The van der Waals surface area contributed by atoms with Crippen molar-refractivity contribution in [1.82, 2.24) is 0 Å². The first-order chi connectivity index (χ1) is 10.9. The third-order valence-corrected chi connectivity index (χ3v) is 3.67. The molecule has 0 saturated carbocycles. The third-order valence-electron chi connectivity index (χ3n) is 3.67. The molecule has 0 spiro atoms. The van der Waals surface area contributed by atoms with Crippen LogP contribution in [0.4, 0.5) is 0 Å². The van der Waals surface area contributed by atoms with E-state index in [1.54, 1.807) is 0 Å². The van der Waals surface area contributed by atoms with Crippen LogP contribution < -0.4 is 0 Å². The minimum absolute atomic E-state index is 0. The molecular formula is C23H40OW. The Hall–Kier alpha value is -0.262. The predicted octanol–water partition coefficient (Wildman–Crippen LogP) is 7.27. The summed E-state index contributed by atoms with van der Waals surface area (Å²) in [5, 5.41) is 0. The van der Waals surface area contributed by atoms with Crippen LogP contribution in [0.2, 0.25) is 0 Å². The van der Waals surface area contributed by atoms with Gasteiger partial charge in [-0.2, -0.15) is 30.5 Å². The van der Waals surface area contributed by atoms with Crippen LogP contribution in [0, 0.1) is 30.8 Å². The number of rotatable bonds is 6. The van der Waals surface area contributed by atoms with Crippen molar-refractivity contribution in [1.29, 1.82) is 0 Å². The summed E-state index contributed by atoms with van der Waals surface area (Å²) in [5.74, 6) is 1.88. The summed E-state index contributed by atoms with van der Waals surface area (Å²) >= 11 is 0. The average molecular weight is 516 g/mol. The summed E-state index contributed by atoms with van der Waals surface area (Å²) in [5.41, 5.74) is 2.94. The molecule has 0 heterocycles. The molecule has 0 saturated heterocycles. The van der Waals surface area contributed by atoms with Gasteiger partial charge in [-0.3, -0.25) is 0 Å². The zero-order chi connectivity index (χ0) is 18.9. The molecule has 144 valence electrons. The Labute approximate surface area is 172 Å². The number of hydrogen-bond acceptors (Lipinski definition) is 1. The minimum atomic E-state index is 0. The minimum Gasteiger partial charge on any atom is -0.550 e. The van der Waals surface area contributed by atoms with E-state index in [0.717, 1.165) is 5.56 Å². The van der Waals surface area contributed by atoms with Crippen molar-refractivity contribution in [3.05, 3.63) is 48.9 Å². The summed E-state index contributed by atoms with van der Waals surface area (Å²) in [6.07, 6.45) is 1.57. The van der Waals surface area contributed by atoms with Gasteiger partial charge in [0, 0.05) is 6.10 Å². The SMILES string of the molecule is CC(C)[CH-]OC(C)C.[CH2-]c1ccc(C(CC(C)(C)C)C(C)C)cc1.[W+2]. The van der Waals surface area contributed by atoms with Gasteiger partial charge in [0.2, 0.25) is 0 Å². The third kappa shape index (κ3) is 14.6. The maximum atomic E-state index is 5.18. The fourth-order valence-corrected chi connectivity index (χ4v) is 2.48. The Balaban J connectivity index is 0. The van der Waals surface area contributed by atoms with Crippen molar-refractivity contribution in [3.8, 4) is 0 Å². The van der Waals surface area contributed by atoms with E-state index < -0.39 is 0 Å². The maximum absolute atomic E-state index is 5.18. The van der Waals surface area contributed by atoms with Gasteiger partial charge in [0.15, 0.2) is 0 Å². The fourth-order valence-electron chi connectivity index (χ4n) is 2.48. The van der Waals surface area contributed by atoms with Gasteiger partial charge in [-0.1, -0.05) is 54.0 Å². The molecule has 1 atom stereocenters. The average Bonchev–Trinajstić information content (AvgIpc) is 2.43. The van der Waals surface area contributed by atoms with E-state index in [9.17, 15) is 0 Å². The molecule has 1 rings (SSSR count). The van der Waals surface area contributed by atoms with Crippen LogP contribution in [-0.4, -0.2) is 6.10 Å². The maximum Gasteiger partial charge on any atom is 2.00 e. The van der Waals surface area contributed by atoms with Gasteiger partial charge >= 0.3 is 21.1 Å². The fraction of sp³-hybridized carbons (Fsp3) is 0.652. The molecule has 0 amide bonds. The zero-order valence-electron chi connectivity index (χ0n) is 17.9. The number of hydrogen-bond donors (Lipinski definition) is 0. The molecule has 0 bridgehead atoms. The molecular weight excluding hydrogens is 476 g/mol. The van der Waals surface area contributed by atoms with Crippen molar-refractivity contribution >= 4 is 0 Å². The standard InChI is InChI=1S/C16H25.C7H15O.W/c1-12(2)15(11-16(4,5)6)14-9-7-13(3)8-10-14;1-6(2)5-8-7(3)4;/h7-10,12,15H,3,11H2,1-2,4-6H3;5-7H,1-4H3;/q2*-1;+2. The Morgan fingerprint density at radius 1 is 0.960 bits per heavy atom. The molecule has 2 heteroatoms. The Morgan fingerprint density at radius 2 is 1.44 bits per heavy atom. The van der Waals surface area contributed by atoms with Crippen molar-refractivity contribution in [3.63, 3.8) is 0 Å². The second kappa shape index (κ2) is 13.0.